The molecule has 3 aromatic carbocycles. The highest BCUT2D eigenvalue weighted by molar-refractivity contribution is 5.83. The van der Waals surface area contributed by atoms with Gasteiger partial charge >= 0.3 is 18.3 Å². The molecule has 0 saturated carbocycles. The molecule has 1 unspecified atom stereocenters. The lowest BCUT2D eigenvalue weighted by Gasteiger charge is -2.48. The Hall–Kier alpha value is -5.13. The van der Waals surface area contributed by atoms with Crippen LogP contribution >= 0.6 is 0 Å². The molecular formula is C36H38N6O6. The number of para-hydroxylation sites is 3. The third-order valence-corrected chi connectivity index (χ3v) is 12.3. The van der Waals surface area contributed by atoms with Gasteiger partial charge in [0.25, 0.3) is 0 Å². The molecule has 3 amide bonds. The number of benzene rings is 3. The number of carbonyl (C=O) groups excluding carboxylic acids is 3. The van der Waals surface area contributed by atoms with E-state index in [0.29, 0.717) is 38.9 Å². The molecule has 0 radical (unpaired) electrons. The first kappa shape index (κ1) is 29.0. The number of anilines is 3. The molecule has 3 fully saturated rings. The van der Waals surface area contributed by atoms with Crippen LogP contribution in [0.4, 0.5) is 31.4 Å². The van der Waals surface area contributed by atoms with Gasteiger partial charge in [0.1, 0.15) is 18.5 Å². The smallest absolute Gasteiger partial charge is 0.411 e. The van der Waals surface area contributed by atoms with Crippen molar-refractivity contribution < 1.29 is 28.6 Å². The number of nitrogens with one attached hydrogen (secondary N) is 3. The van der Waals surface area contributed by atoms with Crippen LogP contribution in [0.25, 0.3) is 0 Å². The number of nitrogens with zero attached hydrogens (tertiary/aromatic N) is 3. The van der Waals surface area contributed by atoms with Crippen LogP contribution in [0.15, 0.2) is 66.7 Å². The van der Waals surface area contributed by atoms with Gasteiger partial charge in [-0.1, -0.05) is 54.6 Å². The quantitative estimate of drug-likeness (QED) is 0.335. The molecule has 12 nitrogen and oxygen atoms in total. The van der Waals surface area contributed by atoms with E-state index in [1.165, 1.54) is 21.3 Å². The summed E-state index contributed by atoms with van der Waals surface area (Å²) in [6.45, 7) is 1.50. The van der Waals surface area contributed by atoms with E-state index in [9.17, 15) is 14.4 Å². The van der Waals surface area contributed by atoms with Crippen molar-refractivity contribution in [3.63, 3.8) is 0 Å². The number of rotatable bonds is 2. The molecule has 6 atom stereocenters. The minimum absolute atomic E-state index is 0.371. The molecular weight excluding hydrogens is 612 g/mol. The predicted octanol–water partition coefficient (Wildman–Crippen LogP) is 4.82. The molecule has 0 aromatic heterocycles. The second-order valence-electron chi connectivity index (χ2n) is 13.6. The molecule has 0 spiro atoms. The van der Waals surface area contributed by atoms with Crippen LogP contribution in [0.2, 0.25) is 0 Å². The Bertz CT molecular complexity index is 1890. The van der Waals surface area contributed by atoms with Gasteiger partial charge < -0.3 is 30.2 Å². The number of likely N-dealkylation sites (tertiary alicyclic amines) is 3. The number of methoxy groups -OCH3 is 3. The van der Waals surface area contributed by atoms with Gasteiger partial charge in [0.2, 0.25) is 0 Å². The van der Waals surface area contributed by atoms with E-state index in [0.717, 1.165) is 39.3 Å². The van der Waals surface area contributed by atoms with Gasteiger partial charge in [-0.25, -0.2) is 14.4 Å². The van der Waals surface area contributed by atoms with Crippen molar-refractivity contribution in [2.24, 2.45) is 0 Å². The highest BCUT2D eigenvalue weighted by Gasteiger charge is 2.74. The Morgan fingerprint density at radius 2 is 1.02 bits per heavy atom. The summed E-state index contributed by atoms with van der Waals surface area (Å²) < 4.78 is 15.9. The maximum Gasteiger partial charge on any atom is 0.411 e. The molecule has 9 rings (SSSR count). The van der Waals surface area contributed by atoms with Crippen LogP contribution in [0, 0.1) is 0 Å². The minimum atomic E-state index is -0.655. The first-order valence-corrected chi connectivity index (χ1v) is 16.5. The summed E-state index contributed by atoms with van der Waals surface area (Å²) in [4.78, 5) is 45.4. The fourth-order valence-electron chi connectivity index (χ4n) is 10.6. The Morgan fingerprint density at radius 1 is 0.562 bits per heavy atom. The van der Waals surface area contributed by atoms with Crippen LogP contribution < -0.4 is 16.0 Å². The van der Waals surface area contributed by atoms with Crippen molar-refractivity contribution >= 4 is 35.3 Å². The van der Waals surface area contributed by atoms with Crippen LogP contribution in [-0.2, 0) is 30.5 Å². The molecule has 48 heavy (non-hydrogen) atoms. The predicted molar refractivity (Wildman–Crippen MR) is 177 cm³/mol. The molecule has 6 aliphatic heterocycles. The Balaban J connectivity index is 1.30. The average molecular weight is 651 g/mol. The zero-order valence-electron chi connectivity index (χ0n) is 27.1. The Labute approximate surface area is 278 Å². The molecule has 3 aromatic rings. The highest BCUT2D eigenvalue weighted by atomic mass is 16.6. The summed E-state index contributed by atoms with van der Waals surface area (Å²) in [6, 6.07) is 23.0. The standard InChI is InChI=1S/C36H38N6O6/c1-46-31(43)40-18-15-34(21-9-4-6-13-25(21)37-28(34)40)23-11-8-12-24-27(23)39-30-36(24,17-20-42(30)33(45)48-3)35-16-19-41(32(44)47-2)29(35)38-26-14-7-5-10-22(26)35/h4-14,28-30,37-39H,15-20H2,1-3H3/t28?,29-,30+,34+,35+,36-/m0/s1. The zero-order valence-corrected chi connectivity index (χ0v) is 27.1. The van der Waals surface area contributed by atoms with Crippen LogP contribution in [-0.4, -0.2) is 92.4 Å². The first-order valence-electron chi connectivity index (χ1n) is 16.5. The van der Waals surface area contributed by atoms with Crippen molar-refractivity contribution in [2.75, 3.05) is 56.9 Å². The van der Waals surface area contributed by atoms with Gasteiger partial charge in [-0.05, 0) is 53.6 Å². The Morgan fingerprint density at radius 3 is 1.67 bits per heavy atom. The average Bonchev–Trinajstić information content (AvgIpc) is 3.94. The summed E-state index contributed by atoms with van der Waals surface area (Å²) in [5.74, 6) is 0. The zero-order chi connectivity index (χ0) is 33.0. The van der Waals surface area contributed by atoms with Crippen LogP contribution in [0.1, 0.15) is 41.5 Å². The summed E-state index contributed by atoms with van der Waals surface area (Å²) in [5, 5.41) is 11.3. The van der Waals surface area contributed by atoms with Gasteiger partial charge in [-0.2, -0.15) is 0 Å². The van der Waals surface area contributed by atoms with E-state index >= 15 is 0 Å². The second kappa shape index (κ2) is 9.94. The van der Waals surface area contributed by atoms with E-state index in [2.05, 4.69) is 64.5 Å². The monoisotopic (exact) mass is 650 g/mol. The first-order chi connectivity index (χ1) is 23.4. The van der Waals surface area contributed by atoms with Crippen molar-refractivity contribution in [1.82, 2.24) is 14.7 Å². The number of hydrogen-bond donors (Lipinski definition) is 3. The maximum atomic E-state index is 13.6. The fraction of sp³-hybridized carbons (Fsp3) is 0.417. The molecule has 3 N–H and O–H groups in total. The summed E-state index contributed by atoms with van der Waals surface area (Å²) in [6.07, 6.45) is -0.406. The largest absolute Gasteiger partial charge is 0.453 e. The van der Waals surface area contributed by atoms with E-state index in [4.69, 9.17) is 14.2 Å². The van der Waals surface area contributed by atoms with Gasteiger partial charge in [-0.15, -0.1) is 0 Å². The number of ether oxygens (including phenoxy) is 3. The van der Waals surface area contributed by atoms with Crippen molar-refractivity contribution in [1.29, 1.82) is 0 Å². The van der Waals surface area contributed by atoms with E-state index in [1.54, 1.807) is 9.80 Å². The second-order valence-corrected chi connectivity index (χ2v) is 13.6. The third kappa shape index (κ3) is 3.23. The molecule has 248 valence electrons. The lowest BCUT2D eigenvalue weighted by Crippen LogP contribution is -2.61. The van der Waals surface area contributed by atoms with Crippen LogP contribution in [0.5, 0.6) is 0 Å². The van der Waals surface area contributed by atoms with Gasteiger partial charge in [-0.3, -0.25) is 14.7 Å². The van der Waals surface area contributed by atoms with Gasteiger partial charge in [0.05, 0.1) is 37.6 Å². The van der Waals surface area contributed by atoms with Crippen molar-refractivity contribution in [3.8, 4) is 0 Å². The molecule has 0 aliphatic carbocycles. The Kier molecular flexibility index (Phi) is 6.02. The summed E-state index contributed by atoms with van der Waals surface area (Å²) >= 11 is 0. The highest BCUT2D eigenvalue weighted by Crippen LogP contribution is 2.68. The fourth-order valence-corrected chi connectivity index (χ4v) is 10.6. The lowest BCUT2D eigenvalue weighted by molar-refractivity contribution is 0.0908. The topological polar surface area (TPSA) is 125 Å². The van der Waals surface area contributed by atoms with E-state index < -0.39 is 34.7 Å². The number of hydrogen-bond acceptors (Lipinski definition) is 9. The normalized spacial score (nSPS) is 31.4. The van der Waals surface area contributed by atoms with Gasteiger partial charge in [0, 0.05) is 36.7 Å². The van der Waals surface area contributed by atoms with E-state index in [1.807, 2.05) is 23.1 Å². The minimum Gasteiger partial charge on any atom is -0.453 e. The lowest BCUT2D eigenvalue weighted by atomic mass is 9.54. The van der Waals surface area contributed by atoms with E-state index in [-0.39, 0.29) is 18.4 Å². The van der Waals surface area contributed by atoms with Crippen molar-refractivity contribution in [3.05, 3.63) is 89.0 Å². The van der Waals surface area contributed by atoms with Gasteiger partial charge in [0.15, 0.2) is 0 Å². The van der Waals surface area contributed by atoms with Crippen LogP contribution in [0.3, 0.4) is 0 Å². The van der Waals surface area contributed by atoms with Crippen molar-refractivity contribution in [2.45, 2.75) is 54.0 Å². The summed E-state index contributed by atoms with van der Waals surface area (Å²) in [5.41, 5.74) is 5.46. The molecule has 0 bridgehead atoms. The number of amides is 3. The maximum absolute atomic E-state index is 13.6. The summed E-state index contributed by atoms with van der Waals surface area (Å²) in [7, 11) is 4.25. The molecule has 6 aliphatic rings. The number of carbonyl (C=O) groups is 3. The molecule has 12 heteroatoms. The molecule has 6 heterocycles. The number of fused-ring (bicyclic) bond motifs is 10. The SMILES string of the molecule is COC(=O)N1CC[C@]2(c3cccc4c3N[C@@H]3N(C(=O)OC)CC[C@]43[C@@]34CCN(C(=O)OC)[C@@H]3Nc3ccccc34)c3ccccc3NC12. The third-order valence-electron chi connectivity index (χ3n) is 12.3. The molecule has 3 saturated heterocycles.